The average Bonchev–Trinajstić information content (AvgIpc) is 3.10. The minimum absolute atomic E-state index is 0. The SMILES string of the molecule is Cl.N[C@@H](c1cc(C(F)(F)F)ccc1Cl)[C@H](O)C1CC1. The zero-order valence-electron chi connectivity index (χ0n) is 9.82. The van der Waals surface area contributed by atoms with Crippen LogP contribution in [-0.4, -0.2) is 11.2 Å². The monoisotopic (exact) mass is 315 g/mol. The summed E-state index contributed by atoms with van der Waals surface area (Å²) in [7, 11) is 0. The summed E-state index contributed by atoms with van der Waals surface area (Å²) >= 11 is 5.85. The van der Waals surface area contributed by atoms with Crippen LogP contribution >= 0.6 is 24.0 Å². The van der Waals surface area contributed by atoms with E-state index < -0.39 is 23.9 Å². The largest absolute Gasteiger partial charge is 0.416 e. The molecular weight excluding hydrogens is 302 g/mol. The maximum absolute atomic E-state index is 12.6. The summed E-state index contributed by atoms with van der Waals surface area (Å²) in [4.78, 5) is 0. The van der Waals surface area contributed by atoms with Gasteiger partial charge in [-0.2, -0.15) is 13.2 Å². The lowest BCUT2D eigenvalue weighted by atomic mass is 9.97. The molecule has 1 aliphatic rings. The first-order valence-corrected chi connectivity index (χ1v) is 5.99. The van der Waals surface area contributed by atoms with Crippen molar-refractivity contribution in [2.45, 2.75) is 31.2 Å². The third kappa shape index (κ3) is 3.75. The molecule has 0 heterocycles. The van der Waals surface area contributed by atoms with Crippen LogP contribution in [0.1, 0.15) is 30.0 Å². The van der Waals surface area contributed by atoms with Gasteiger partial charge in [-0.15, -0.1) is 12.4 Å². The standard InChI is InChI=1S/C12H13ClF3NO.ClH/c13-9-4-3-7(12(14,15)16)5-8(9)10(17)11(18)6-1-2-6;/h3-6,10-11,18H,1-2,17H2;1H/t10-,11+;/m0./s1. The highest BCUT2D eigenvalue weighted by molar-refractivity contribution is 6.31. The molecule has 1 aromatic rings. The van der Waals surface area contributed by atoms with Crippen molar-refractivity contribution in [3.05, 3.63) is 34.3 Å². The first-order valence-electron chi connectivity index (χ1n) is 5.61. The van der Waals surface area contributed by atoms with Crippen LogP contribution in [0, 0.1) is 5.92 Å². The fourth-order valence-corrected chi connectivity index (χ4v) is 2.13. The maximum Gasteiger partial charge on any atom is 0.416 e. The van der Waals surface area contributed by atoms with Gasteiger partial charge in [-0.25, -0.2) is 0 Å². The zero-order chi connectivity index (χ0) is 13.5. The fraction of sp³-hybridized carbons (Fsp3) is 0.500. The summed E-state index contributed by atoms with van der Waals surface area (Å²) in [6.45, 7) is 0. The highest BCUT2D eigenvalue weighted by Gasteiger charge is 2.36. The Kier molecular flexibility index (Phi) is 5.12. The molecule has 0 radical (unpaired) electrons. The zero-order valence-corrected chi connectivity index (χ0v) is 11.4. The van der Waals surface area contributed by atoms with Crippen LogP contribution in [0.15, 0.2) is 18.2 Å². The molecule has 2 rings (SSSR count). The van der Waals surface area contributed by atoms with Gasteiger partial charge in [0.2, 0.25) is 0 Å². The van der Waals surface area contributed by atoms with Crippen LogP contribution in [0.25, 0.3) is 0 Å². The molecule has 108 valence electrons. The van der Waals surface area contributed by atoms with E-state index in [0.29, 0.717) is 0 Å². The van der Waals surface area contributed by atoms with Gasteiger partial charge in [-0.05, 0) is 42.5 Å². The smallest absolute Gasteiger partial charge is 0.391 e. The predicted octanol–water partition coefficient (Wildman–Crippen LogP) is 3.55. The van der Waals surface area contributed by atoms with E-state index in [4.69, 9.17) is 17.3 Å². The molecule has 19 heavy (non-hydrogen) atoms. The van der Waals surface area contributed by atoms with Crippen molar-refractivity contribution in [2.75, 3.05) is 0 Å². The van der Waals surface area contributed by atoms with E-state index in [1.54, 1.807) is 0 Å². The molecule has 1 aliphatic carbocycles. The number of aliphatic hydroxyl groups is 1. The molecule has 0 aromatic heterocycles. The van der Waals surface area contributed by atoms with Crippen molar-refractivity contribution >= 4 is 24.0 Å². The Morgan fingerprint density at radius 1 is 1.32 bits per heavy atom. The molecule has 0 aliphatic heterocycles. The Labute approximate surface area is 120 Å². The number of hydrogen-bond acceptors (Lipinski definition) is 2. The minimum atomic E-state index is -4.44. The molecule has 0 bridgehead atoms. The first-order chi connectivity index (χ1) is 8.30. The summed E-state index contributed by atoms with van der Waals surface area (Å²) in [5.41, 5.74) is 5.13. The van der Waals surface area contributed by atoms with E-state index in [-0.39, 0.29) is 28.9 Å². The Hall–Kier alpha value is -0.490. The number of nitrogens with two attached hydrogens (primary N) is 1. The topological polar surface area (TPSA) is 46.2 Å². The van der Waals surface area contributed by atoms with Gasteiger partial charge in [0.1, 0.15) is 0 Å². The second-order valence-electron chi connectivity index (χ2n) is 4.59. The molecular formula is C12H14Cl2F3NO. The number of hydrogen-bond donors (Lipinski definition) is 2. The number of alkyl halides is 3. The van der Waals surface area contributed by atoms with Crippen LogP contribution in [0.5, 0.6) is 0 Å². The van der Waals surface area contributed by atoms with E-state index >= 15 is 0 Å². The van der Waals surface area contributed by atoms with Crippen molar-refractivity contribution in [3.63, 3.8) is 0 Å². The molecule has 1 aromatic carbocycles. The molecule has 0 spiro atoms. The Morgan fingerprint density at radius 3 is 2.37 bits per heavy atom. The van der Waals surface area contributed by atoms with E-state index in [9.17, 15) is 18.3 Å². The molecule has 1 saturated carbocycles. The van der Waals surface area contributed by atoms with Gasteiger partial charge in [0.05, 0.1) is 17.7 Å². The highest BCUT2D eigenvalue weighted by Crippen LogP contribution is 2.40. The van der Waals surface area contributed by atoms with E-state index in [1.165, 1.54) is 6.07 Å². The molecule has 7 heteroatoms. The van der Waals surface area contributed by atoms with Gasteiger partial charge in [0.25, 0.3) is 0 Å². The molecule has 0 amide bonds. The molecule has 1 fully saturated rings. The Morgan fingerprint density at radius 2 is 1.89 bits per heavy atom. The molecule has 0 unspecified atom stereocenters. The van der Waals surface area contributed by atoms with Crippen LogP contribution in [0.3, 0.4) is 0 Å². The maximum atomic E-state index is 12.6. The Bertz CT molecular complexity index is 449. The van der Waals surface area contributed by atoms with Crippen LogP contribution in [-0.2, 0) is 6.18 Å². The quantitative estimate of drug-likeness (QED) is 0.896. The lowest BCUT2D eigenvalue weighted by Gasteiger charge is -2.21. The van der Waals surface area contributed by atoms with Crippen molar-refractivity contribution in [2.24, 2.45) is 11.7 Å². The normalized spacial score (nSPS) is 18.6. The summed E-state index contributed by atoms with van der Waals surface area (Å²) in [6, 6.07) is 2.10. The van der Waals surface area contributed by atoms with Crippen LogP contribution in [0.2, 0.25) is 5.02 Å². The van der Waals surface area contributed by atoms with Crippen molar-refractivity contribution in [1.29, 1.82) is 0 Å². The first kappa shape index (κ1) is 16.6. The number of rotatable bonds is 3. The minimum Gasteiger partial charge on any atom is -0.391 e. The summed E-state index contributed by atoms with van der Waals surface area (Å²) in [5, 5.41) is 10.0. The molecule has 2 nitrogen and oxygen atoms in total. The third-order valence-electron chi connectivity index (χ3n) is 3.16. The van der Waals surface area contributed by atoms with Crippen molar-refractivity contribution < 1.29 is 18.3 Å². The van der Waals surface area contributed by atoms with Gasteiger partial charge in [0, 0.05) is 5.02 Å². The summed E-state index contributed by atoms with van der Waals surface area (Å²) in [6.07, 6.45) is -3.58. The van der Waals surface area contributed by atoms with Gasteiger partial charge in [-0.3, -0.25) is 0 Å². The molecule has 3 N–H and O–H groups in total. The van der Waals surface area contributed by atoms with Crippen molar-refractivity contribution in [1.82, 2.24) is 0 Å². The van der Waals surface area contributed by atoms with Crippen molar-refractivity contribution in [3.8, 4) is 0 Å². The van der Waals surface area contributed by atoms with Gasteiger partial charge in [-0.1, -0.05) is 11.6 Å². The van der Waals surface area contributed by atoms with Gasteiger partial charge in [0.15, 0.2) is 0 Å². The molecule has 2 atom stereocenters. The van der Waals surface area contributed by atoms with Gasteiger partial charge >= 0.3 is 6.18 Å². The lowest BCUT2D eigenvalue weighted by Crippen LogP contribution is -2.28. The lowest BCUT2D eigenvalue weighted by molar-refractivity contribution is -0.137. The number of aliphatic hydroxyl groups excluding tert-OH is 1. The van der Waals surface area contributed by atoms with E-state index in [1.807, 2.05) is 0 Å². The van der Waals surface area contributed by atoms with Gasteiger partial charge < -0.3 is 10.8 Å². The van der Waals surface area contributed by atoms with E-state index in [0.717, 1.165) is 25.0 Å². The summed E-state index contributed by atoms with van der Waals surface area (Å²) in [5.74, 6) is 0.0746. The van der Waals surface area contributed by atoms with E-state index in [2.05, 4.69) is 0 Å². The fourth-order valence-electron chi connectivity index (χ4n) is 1.89. The van der Waals surface area contributed by atoms with Crippen LogP contribution < -0.4 is 5.73 Å². The predicted molar refractivity (Wildman–Crippen MR) is 69.4 cm³/mol. The second-order valence-corrected chi connectivity index (χ2v) is 5.00. The number of halogens is 5. The summed E-state index contributed by atoms with van der Waals surface area (Å²) < 4.78 is 37.8. The molecule has 0 saturated heterocycles. The second kappa shape index (κ2) is 5.87. The third-order valence-corrected chi connectivity index (χ3v) is 3.50. The van der Waals surface area contributed by atoms with Crippen LogP contribution in [0.4, 0.5) is 13.2 Å². The highest BCUT2D eigenvalue weighted by atomic mass is 35.5. The average molecular weight is 316 g/mol. The Balaban J connectivity index is 0.00000180. The number of benzene rings is 1.